The molecule has 0 aliphatic heterocycles. The number of fused-ring (bicyclic) bond motifs is 3. The van der Waals surface area contributed by atoms with Crippen molar-refractivity contribution < 1.29 is 9.59 Å². The van der Waals surface area contributed by atoms with Crippen LogP contribution in [0.15, 0.2) is 36.4 Å². The van der Waals surface area contributed by atoms with Crippen molar-refractivity contribution in [3.05, 3.63) is 47.5 Å². The van der Waals surface area contributed by atoms with E-state index < -0.39 is 0 Å². The van der Waals surface area contributed by atoms with E-state index in [1.807, 2.05) is 12.1 Å². The standard InChI is InChI=1S/C26H30N2O2/c1-3-27(4-2)13-14-28-23-11-9-19(25(29)17-5-6-17)15-21(23)22-16-20(10-12-24(22)28)26(30)18-7-8-18/h9-12,15-18H,3-8,13-14H2,1-2H3. The number of hydrogen-bond donors (Lipinski definition) is 0. The second-order valence-electron chi connectivity index (χ2n) is 8.92. The number of rotatable bonds is 9. The monoisotopic (exact) mass is 402 g/mol. The number of Topliss-reactive ketones (excluding diaryl/α,β-unsaturated/α-hetero) is 2. The van der Waals surface area contributed by atoms with E-state index in [-0.39, 0.29) is 23.4 Å². The minimum Gasteiger partial charge on any atom is -0.339 e. The van der Waals surface area contributed by atoms with Crippen LogP contribution >= 0.6 is 0 Å². The molecule has 0 bridgehead atoms. The summed E-state index contributed by atoms with van der Waals surface area (Å²) in [6.45, 7) is 8.34. The van der Waals surface area contributed by atoms with E-state index in [0.29, 0.717) is 0 Å². The highest BCUT2D eigenvalue weighted by atomic mass is 16.1. The fourth-order valence-corrected chi connectivity index (χ4v) is 4.60. The summed E-state index contributed by atoms with van der Waals surface area (Å²) < 4.78 is 2.36. The predicted molar refractivity (Wildman–Crippen MR) is 121 cm³/mol. The lowest BCUT2D eigenvalue weighted by Gasteiger charge is -2.19. The molecule has 0 saturated heterocycles. The highest BCUT2D eigenvalue weighted by molar-refractivity contribution is 6.13. The van der Waals surface area contributed by atoms with Crippen molar-refractivity contribution >= 4 is 33.4 Å². The van der Waals surface area contributed by atoms with Gasteiger partial charge in [0.1, 0.15) is 0 Å². The highest BCUT2D eigenvalue weighted by Gasteiger charge is 2.32. The first kappa shape index (κ1) is 19.5. The molecule has 2 aromatic carbocycles. The average molecular weight is 403 g/mol. The molecule has 0 radical (unpaired) electrons. The van der Waals surface area contributed by atoms with Crippen LogP contribution in [0.5, 0.6) is 0 Å². The average Bonchev–Trinajstić information content (AvgIpc) is 3.69. The molecule has 5 rings (SSSR count). The van der Waals surface area contributed by atoms with Crippen LogP contribution in [-0.2, 0) is 6.54 Å². The maximum absolute atomic E-state index is 12.7. The van der Waals surface area contributed by atoms with E-state index >= 15 is 0 Å². The number of aromatic nitrogens is 1. The first-order chi connectivity index (χ1) is 14.6. The quantitative estimate of drug-likeness (QED) is 0.455. The summed E-state index contributed by atoms with van der Waals surface area (Å²) in [6.07, 6.45) is 4.07. The normalized spacial score (nSPS) is 16.6. The summed E-state index contributed by atoms with van der Waals surface area (Å²) in [5.41, 5.74) is 3.93. The Morgan fingerprint density at radius 3 is 1.70 bits per heavy atom. The molecule has 1 aromatic heterocycles. The summed E-state index contributed by atoms with van der Waals surface area (Å²) in [4.78, 5) is 27.8. The Hall–Kier alpha value is -2.46. The van der Waals surface area contributed by atoms with Crippen molar-refractivity contribution in [2.24, 2.45) is 11.8 Å². The van der Waals surface area contributed by atoms with Gasteiger partial charge in [-0.15, -0.1) is 0 Å². The van der Waals surface area contributed by atoms with Crippen molar-refractivity contribution in [2.45, 2.75) is 46.1 Å². The van der Waals surface area contributed by atoms with Gasteiger partial charge in [0.2, 0.25) is 0 Å². The summed E-state index contributed by atoms with van der Waals surface area (Å²) in [5.74, 6) is 0.966. The van der Waals surface area contributed by atoms with E-state index in [0.717, 1.165) is 84.8 Å². The molecule has 0 N–H and O–H groups in total. The van der Waals surface area contributed by atoms with Gasteiger partial charge in [-0.2, -0.15) is 0 Å². The van der Waals surface area contributed by atoms with Gasteiger partial charge in [0.05, 0.1) is 0 Å². The Morgan fingerprint density at radius 1 is 0.833 bits per heavy atom. The lowest BCUT2D eigenvalue weighted by molar-refractivity contribution is 0.0960. The molecule has 2 aliphatic rings. The van der Waals surface area contributed by atoms with Gasteiger partial charge >= 0.3 is 0 Å². The number of ketones is 2. The van der Waals surface area contributed by atoms with Crippen LogP contribution in [-0.4, -0.2) is 40.7 Å². The van der Waals surface area contributed by atoms with Crippen LogP contribution in [0.4, 0.5) is 0 Å². The van der Waals surface area contributed by atoms with Crippen LogP contribution < -0.4 is 0 Å². The second kappa shape index (κ2) is 7.66. The van der Waals surface area contributed by atoms with E-state index in [1.54, 1.807) is 0 Å². The van der Waals surface area contributed by atoms with Crippen LogP contribution in [0.25, 0.3) is 21.8 Å². The van der Waals surface area contributed by atoms with E-state index in [2.05, 4.69) is 47.6 Å². The van der Waals surface area contributed by atoms with Gasteiger partial charge in [0.25, 0.3) is 0 Å². The largest absolute Gasteiger partial charge is 0.339 e. The SMILES string of the molecule is CCN(CC)CCn1c2ccc(C(=O)C3CC3)cc2c2cc(C(=O)C3CC3)ccc21. The maximum atomic E-state index is 12.7. The van der Waals surface area contributed by atoms with Crippen LogP contribution in [0.2, 0.25) is 0 Å². The fourth-order valence-electron chi connectivity index (χ4n) is 4.60. The van der Waals surface area contributed by atoms with Crippen molar-refractivity contribution in [3.63, 3.8) is 0 Å². The lowest BCUT2D eigenvalue weighted by atomic mass is 10.0. The first-order valence-electron chi connectivity index (χ1n) is 11.5. The van der Waals surface area contributed by atoms with Gasteiger partial charge in [-0.25, -0.2) is 0 Å². The fraction of sp³-hybridized carbons (Fsp3) is 0.462. The zero-order valence-electron chi connectivity index (χ0n) is 18.0. The molecule has 156 valence electrons. The third-order valence-electron chi connectivity index (χ3n) is 6.86. The van der Waals surface area contributed by atoms with Gasteiger partial charge in [-0.3, -0.25) is 9.59 Å². The Labute approximate surface area is 177 Å². The molecule has 0 amide bonds. The van der Waals surface area contributed by atoms with Crippen molar-refractivity contribution in [2.75, 3.05) is 19.6 Å². The minimum atomic E-state index is 0.213. The molecule has 2 aliphatic carbocycles. The summed E-state index contributed by atoms with van der Waals surface area (Å²) in [5, 5.41) is 2.20. The molecule has 30 heavy (non-hydrogen) atoms. The molecule has 0 unspecified atom stereocenters. The number of likely N-dealkylation sites (N-methyl/N-ethyl adjacent to an activating group) is 1. The van der Waals surface area contributed by atoms with Crippen LogP contribution in [0.1, 0.15) is 60.2 Å². The molecule has 0 spiro atoms. The predicted octanol–water partition coefficient (Wildman–Crippen LogP) is 5.32. The summed E-state index contributed by atoms with van der Waals surface area (Å²) in [6, 6.07) is 12.3. The molecule has 4 nitrogen and oxygen atoms in total. The Bertz CT molecular complexity index is 1050. The van der Waals surface area contributed by atoms with Crippen molar-refractivity contribution in [1.29, 1.82) is 0 Å². The van der Waals surface area contributed by atoms with Gasteiger partial charge in [0.15, 0.2) is 11.6 Å². The van der Waals surface area contributed by atoms with Gasteiger partial charge in [-0.1, -0.05) is 13.8 Å². The number of carbonyl (C=O) groups excluding carboxylic acids is 2. The van der Waals surface area contributed by atoms with Gasteiger partial charge < -0.3 is 9.47 Å². The smallest absolute Gasteiger partial charge is 0.165 e. The lowest BCUT2D eigenvalue weighted by Crippen LogP contribution is -2.26. The maximum Gasteiger partial charge on any atom is 0.165 e. The third kappa shape index (κ3) is 3.47. The third-order valence-corrected chi connectivity index (χ3v) is 6.86. The molecule has 2 saturated carbocycles. The van der Waals surface area contributed by atoms with E-state index in [4.69, 9.17) is 0 Å². The van der Waals surface area contributed by atoms with Gasteiger partial charge in [0, 0.05) is 57.9 Å². The Morgan fingerprint density at radius 2 is 1.30 bits per heavy atom. The van der Waals surface area contributed by atoms with E-state index in [1.165, 1.54) is 0 Å². The second-order valence-corrected chi connectivity index (χ2v) is 8.92. The van der Waals surface area contributed by atoms with Gasteiger partial charge in [-0.05, 0) is 75.2 Å². The number of hydrogen-bond acceptors (Lipinski definition) is 3. The summed E-state index contributed by atoms with van der Waals surface area (Å²) in [7, 11) is 0. The van der Waals surface area contributed by atoms with E-state index in [9.17, 15) is 9.59 Å². The van der Waals surface area contributed by atoms with Crippen LogP contribution in [0, 0.1) is 11.8 Å². The Kier molecular flexibility index (Phi) is 4.98. The topological polar surface area (TPSA) is 42.3 Å². The zero-order valence-corrected chi connectivity index (χ0v) is 18.0. The Balaban J connectivity index is 1.62. The molecule has 4 heteroatoms. The van der Waals surface area contributed by atoms with Crippen LogP contribution in [0.3, 0.4) is 0 Å². The molecule has 1 heterocycles. The number of benzene rings is 2. The summed E-state index contributed by atoms with van der Waals surface area (Å²) >= 11 is 0. The molecule has 3 aromatic rings. The first-order valence-corrected chi connectivity index (χ1v) is 11.5. The zero-order chi connectivity index (χ0) is 20.8. The minimum absolute atomic E-state index is 0.213. The molecular weight excluding hydrogens is 372 g/mol. The van der Waals surface area contributed by atoms with Crippen molar-refractivity contribution in [1.82, 2.24) is 9.47 Å². The number of nitrogens with zero attached hydrogens (tertiary/aromatic N) is 2. The van der Waals surface area contributed by atoms with Crippen molar-refractivity contribution in [3.8, 4) is 0 Å². The highest BCUT2D eigenvalue weighted by Crippen LogP contribution is 2.37. The number of carbonyl (C=O) groups is 2. The molecular formula is C26H30N2O2. The molecule has 0 atom stereocenters. The molecule has 2 fully saturated rings.